The molecule has 3 aromatic rings. The number of rotatable bonds is 7. The van der Waals surface area contributed by atoms with Gasteiger partial charge in [-0.3, -0.25) is 0 Å². The van der Waals surface area contributed by atoms with E-state index in [4.69, 9.17) is 9.47 Å². The SMILES string of the molecule is Fc1ccc(OCCNc2nccc(Oc3ccc(F)cc3)n2)cc1. The van der Waals surface area contributed by atoms with Crippen LogP contribution < -0.4 is 14.8 Å². The fourth-order valence-electron chi connectivity index (χ4n) is 1.97. The van der Waals surface area contributed by atoms with Gasteiger partial charge in [-0.05, 0) is 48.5 Å². The second kappa shape index (κ2) is 8.05. The number of halogens is 2. The first-order valence-corrected chi connectivity index (χ1v) is 7.58. The van der Waals surface area contributed by atoms with Gasteiger partial charge >= 0.3 is 0 Å². The fourth-order valence-corrected chi connectivity index (χ4v) is 1.97. The molecule has 0 aliphatic carbocycles. The Morgan fingerprint density at radius 1 is 0.840 bits per heavy atom. The highest BCUT2D eigenvalue weighted by Crippen LogP contribution is 2.19. The maximum Gasteiger partial charge on any atom is 0.226 e. The van der Waals surface area contributed by atoms with Crippen LogP contribution in [0, 0.1) is 11.6 Å². The number of ether oxygens (including phenoxy) is 2. The van der Waals surface area contributed by atoms with Crippen molar-refractivity contribution in [2.45, 2.75) is 0 Å². The van der Waals surface area contributed by atoms with Crippen molar-refractivity contribution in [1.82, 2.24) is 9.97 Å². The summed E-state index contributed by atoms with van der Waals surface area (Å²) in [4.78, 5) is 8.29. The van der Waals surface area contributed by atoms with E-state index in [2.05, 4.69) is 15.3 Å². The Morgan fingerprint density at radius 2 is 1.48 bits per heavy atom. The molecule has 0 spiro atoms. The highest BCUT2D eigenvalue weighted by molar-refractivity contribution is 5.31. The predicted molar refractivity (Wildman–Crippen MR) is 88.9 cm³/mol. The maximum absolute atomic E-state index is 12.9. The van der Waals surface area contributed by atoms with Crippen LogP contribution in [-0.4, -0.2) is 23.1 Å². The Labute approximate surface area is 143 Å². The molecule has 3 rings (SSSR count). The minimum atomic E-state index is -0.335. The third-order valence-electron chi connectivity index (χ3n) is 3.13. The van der Waals surface area contributed by atoms with Crippen LogP contribution in [0.2, 0.25) is 0 Å². The average Bonchev–Trinajstić information content (AvgIpc) is 2.63. The number of benzene rings is 2. The monoisotopic (exact) mass is 343 g/mol. The van der Waals surface area contributed by atoms with Gasteiger partial charge < -0.3 is 14.8 Å². The zero-order valence-corrected chi connectivity index (χ0v) is 13.2. The number of hydrogen-bond acceptors (Lipinski definition) is 5. The number of aromatic nitrogens is 2. The van der Waals surface area contributed by atoms with Crippen LogP contribution >= 0.6 is 0 Å². The molecular weight excluding hydrogens is 328 g/mol. The molecule has 1 heterocycles. The molecule has 0 atom stereocenters. The highest BCUT2D eigenvalue weighted by Gasteiger charge is 2.02. The van der Waals surface area contributed by atoms with E-state index in [1.165, 1.54) is 36.4 Å². The summed E-state index contributed by atoms with van der Waals surface area (Å²) in [5, 5.41) is 3.00. The normalized spacial score (nSPS) is 10.3. The second-order valence-corrected chi connectivity index (χ2v) is 5.00. The van der Waals surface area contributed by atoms with Gasteiger partial charge in [-0.15, -0.1) is 0 Å². The second-order valence-electron chi connectivity index (χ2n) is 5.00. The molecule has 0 amide bonds. The van der Waals surface area contributed by atoms with E-state index in [1.54, 1.807) is 24.4 Å². The first-order valence-electron chi connectivity index (χ1n) is 7.58. The average molecular weight is 343 g/mol. The molecule has 25 heavy (non-hydrogen) atoms. The van der Waals surface area contributed by atoms with Crippen molar-refractivity contribution in [3.05, 3.63) is 72.4 Å². The molecule has 0 aliphatic rings. The van der Waals surface area contributed by atoms with Gasteiger partial charge in [0.25, 0.3) is 0 Å². The van der Waals surface area contributed by atoms with Gasteiger partial charge in [-0.25, -0.2) is 13.8 Å². The number of nitrogens with one attached hydrogen (secondary N) is 1. The molecule has 0 aliphatic heterocycles. The molecule has 128 valence electrons. The summed E-state index contributed by atoms with van der Waals surface area (Å²) in [7, 11) is 0. The van der Waals surface area contributed by atoms with E-state index in [9.17, 15) is 8.78 Å². The van der Waals surface area contributed by atoms with Crippen LogP contribution in [0.5, 0.6) is 17.4 Å². The quantitative estimate of drug-likeness (QED) is 0.656. The lowest BCUT2D eigenvalue weighted by Gasteiger charge is -2.09. The lowest BCUT2D eigenvalue weighted by molar-refractivity contribution is 0.332. The molecule has 7 heteroatoms. The Balaban J connectivity index is 1.49. The number of nitrogens with zero attached hydrogens (tertiary/aromatic N) is 2. The molecule has 0 saturated heterocycles. The summed E-state index contributed by atoms with van der Waals surface area (Å²) in [6, 6.07) is 13.0. The highest BCUT2D eigenvalue weighted by atomic mass is 19.1. The first kappa shape index (κ1) is 16.6. The topological polar surface area (TPSA) is 56.3 Å². The molecule has 5 nitrogen and oxygen atoms in total. The Kier molecular flexibility index (Phi) is 5.36. The first-order chi connectivity index (χ1) is 12.2. The molecule has 1 N–H and O–H groups in total. The summed E-state index contributed by atoms with van der Waals surface area (Å²) < 4.78 is 36.7. The third-order valence-corrected chi connectivity index (χ3v) is 3.13. The standard InChI is InChI=1S/C18H15F2N3O2/c19-13-1-5-15(6-2-13)24-12-11-22-18-21-10-9-17(23-18)25-16-7-3-14(20)4-8-16/h1-10H,11-12H2,(H,21,22,23). The summed E-state index contributed by atoms with van der Waals surface area (Å²) in [5.74, 6) is 1.13. The van der Waals surface area contributed by atoms with Gasteiger partial charge in [0.2, 0.25) is 11.8 Å². The zero-order chi connectivity index (χ0) is 17.5. The van der Waals surface area contributed by atoms with Crippen molar-refractivity contribution in [2.24, 2.45) is 0 Å². The van der Waals surface area contributed by atoms with Gasteiger partial charge in [0.15, 0.2) is 0 Å². The van der Waals surface area contributed by atoms with Crippen molar-refractivity contribution >= 4 is 5.95 Å². The molecule has 2 aromatic carbocycles. The number of anilines is 1. The van der Waals surface area contributed by atoms with E-state index < -0.39 is 0 Å². The predicted octanol–water partition coefficient (Wildman–Crippen LogP) is 4.04. The summed E-state index contributed by atoms with van der Waals surface area (Å²) in [6.45, 7) is 0.815. The minimum Gasteiger partial charge on any atom is -0.492 e. The van der Waals surface area contributed by atoms with E-state index in [0.717, 1.165) is 0 Å². The van der Waals surface area contributed by atoms with E-state index in [0.29, 0.717) is 36.5 Å². The van der Waals surface area contributed by atoms with Gasteiger partial charge in [0.1, 0.15) is 29.7 Å². The van der Waals surface area contributed by atoms with Gasteiger partial charge in [0.05, 0.1) is 6.54 Å². The van der Waals surface area contributed by atoms with Crippen molar-refractivity contribution in [1.29, 1.82) is 0 Å². The molecule has 0 bridgehead atoms. The third kappa shape index (κ3) is 5.13. The summed E-state index contributed by atoms with van der Waals surface area (Å²) >= 11 is 0. The lowest BCUT2D eigenvalue weighted by atomic mass is 10.3. The largest absolute Gasteiger partial charge is 0.492 e. The molecular formula is C18H15F2N3O2. The minimum absolute atomic E-state index is 0.308. The van der Waals surface area contributed by atoms with Gasteiger partial charge in [0, 0.05) is 12.3 Å². The van der Waals surface area contributed by atoms with E-state index in [1.807, 2.05) is 0 Å². The Bertz CT molecular complexity index is 811. The molecule has 0 fully saturated rings. The summed E-state index contributed by atoms with van der Waals surface area (Å²) in [6.07, 6.45) is 1.55. The Morgan fingerprint density at radius 3 is 2.16 bits per heavy atom. The maximum atomic E-state index is 12.9. The van der Waals surface area contributed by atoms with Crippen molar-refractivity contribution in [2.75, 3.05) is 18.5 Å². The molecule has 0 radical (unpaired) electrons. The van der Waals surface area contributed by atoms with Crippen molar-refractivity contribution in [3.8, 4) is 17.4 Å². The van der Waals surface area contributed by atoms with Gasteiger partial charge in [-0.1, -0.05) is 0 Å². The van der Waals surface area contributed by atoms with Crippen LogP contribution in [0.15, 0.2) is 60.8 Å². The Hall–Kier alpha value is -3.22. The molecule has 1 aromatic heterocycles. The van der Waals surface area contributed by atoms with Crippen LogP contribution in [0.4, 0.5) is 14.7 Å². The van der Waals surface area contributed by atoms with Gasteiger partial charge in [-0.2, -0.15) is 4.98 Å². The van der Waals surface area contributed by atoms with E-state index >= 15 is 0 Å². The van der Waals surface area contributed by atoms with E-state index in [-0.39, 0.29) is 11.6 Å². The van der Waals surface area contributed by atoms with Crippen molar-refractivity contribution < 1.29 is 18.3 Å². The molecule has 0 unspecified atom stereocenters. The van der Waals surface area contributed by atoms with Crippen molar-refractivity contribution in [3.63, 3.8) is 0 Å². The molecule has 0 saturated carbocycles. The van der Waals surface area contributed by atoms with Crippen LogP contribution in [0.1, 0.15) is 0 Å². The van der Waals surface area contributed by atoms with Crippen LogP contribution in [0.3, 0.4) is 0 Å². The smallest absolute Gasteiger partial charge is 0.226 e. The van der Waals surface area contributed by atoms with Crippen LogP contribution in [-0.2, 0) is 0 Å². The number of hydrogen-bond donors (Lipinski definition) is 1. The fraction of sp³-hybridized carbons (Fsp3) is 0.111. The zero-order valence-electron chi connectivity index (χ0n) is 13.2. The van der Waals surface area contributed by atoms with Crippen LogP contribution in [0.25, 0.3) is 0 Å². The summed E-state index contributed by atoms with van der Waals surface area (Å²) in [5.41, 5.74) is 0. The lowest BCUT2D eigenvalue weighted by Crippen LogP contribution is -2.13.